The molecule has 1 amide bonds. The number of rotatable bonds is 5. The molecule has 4 nitrogen and oxygen atoms in total. The molecule has 0 radical (unpaired) electrons. The number of aryl methyl sites for hydroxylation is 1. The molecule has 21 heavy (non-hydrogen) atoms. The summed E-state index contributed by atoms with van der Waals surface area (Å²) in [7, 11) is 0. The van der Waals surface area contributed by atoms with Crippen LogP contribution < -0.4 is 10.2 Å². The van der Waals surface area contributed by atoms with Gasteiger partial charge >= 0.3 is 0 Å². The fraction of sp³-hybridized carbons (Fsp3) is 0.333. The summed E-state index contributed by atoms with van der Waals surface area (Å²) in [6.07, 6.45) is 0. The zero-order valence-corrected chi connectivity index (χ0v) is 14.7. The van der Waals surface area contributed by atoms with Crippen LogP contribution >= 0.6 is 27.3 Å². The highest BCUT2D eigenvalue weighted by Gasteiger charge is 2.13. The second kappa shape index (κ2) is 7.04. The van der Waals surface area contributed by atoms with Crippen molar-refractivity contribution >= 4 is 44.0 Å². The molecule has 0 saturated heterocycles. The maximum atomic E-state index is 11.5. The normalized spacial score (nSPS) is 10.5. The van der Waals surface area contributed by atoms with Gasteiger partial charge in [-0.3, -0.25) is 9.69 Å². The number of hydrogen-bond donors (Lipinski definition) is 1. The Morgan fingerprint density at radius 1 is 1.43 bits per heavy atom. The van der Waals surface area contributed by atoms with Crippen LogP contribution in [0.3, 0.4) is 0 Å². The Bertz CT molecular complexity index is 621. The van der Waals surface area contributed by atoms with Crippen molar-refractivity contribution in [2.24, 2.45) is 0 Å². The van der Waals surface area contributed by atoms with Crippen LogP contribution in [0, 0.1) is 6.92 Å². The number of carbonyl (C=O) groups is 1. The maximum Gasteiger partial charge on any atom is 0.225 e. The van der Waals surface area contributed by atoms with Crippen LogP contribution in [-0.2, 0) is 11.3 Å². The van der Waals surface area contributed by atoms with Gasteiger partial charge in [0.05, 0.1) is 12.2 Å². The molecule has 1 heterocycles. The summed E-state index contributed by atoms with van der Waals surface area (Å²) in [5, 5.41) is 6.09. The van der Waals surface area contributed by atoms with Crippen molar-refractivity contribution in [1.82, 2.24) is 4.98 Å². The van der Waals surface area contributed by atoms with Crippen LogP contribution in [-0.4, -0.2) is 17.4 Å². The van der Waals surface area contributed by atoms with Crippen LogP contribution in [0.5, 0.6) is 0 Å². The minimum absolute atomic E-state index is 0.0222. The average molecular weight is 368 g/mol. The van der Waals surface area contributed by atoms with Crippen molar-refractivity contribution in [2.45, 2.75) is 27.3 Å². The summed E-state index contributed by atoms with van der Waals surface area (Å²) in [5.74, 6) is 0.0222. The Balaban J connectivity index is 2.04. The standard InChI is InChI=1S/C15H18BrN3OS/c1-4-19(11(3)20)15-18-14(9-21-15)8-17-13-6-10(2)5-12(16)7-13/h5-7,9,17H,4,8H2,1-3H3. The number of nitrogens with zero attached hydrogens (tertiary/aromatic N) is 2. The van der Waals surface area contributed by atoms with Crippen LogP contribution in [0.4, 0.5) is 10.8 Å². The molecule has 0 aliphatic heterocycles. The lowest BCUT2D eigenvalue weighted by atomic mass is 10.2. The third kappa shape index (κ3) is 4.28. The summed E-state index contributed by atoms with van der Waals surface area (Å²) in [5.41, 5.74) is 3.18. The van der Waals surface area contributed by atoms with E-state index in [1.165, 1.54) is 16.9 Å². The molecule has 0 fully saturated rings. The number of amides is 1. The predicted molar refractivity (Wildman–Crippen MR) is 92.0 cm³/mol. The number of halogens is 1. The van der Waals surface area contributed by atoms with Crippen LogP contribution in [0.2, 0.25) is 0 Å². The van der Waals surface area contributed by atoms with Crippen LogP contribution in [0.15, 0.2) is 28.1 Å². The molecule has 6 heteroatoms. The first-order chi connectivity index (χ1) is 9.99. The van der Waals surface area contributed by atoms with E-state index in [1.54, 1.807) is 11.8 Å². The van der Waals surface area contributed by atoms with Gasteiger partial charge in [0, 0.05) is 29.0 Å². The number of thiazole rings is 1. The van der Waals surface area contributed by atoms with Gasteiger partial charge in [0.15, 0.2) is 5.13 Å². The van der Waals surface area contributed by atoms with Crippen molar-refractivity contribution in [3.05, 3.63) is 39.3 Å². The fourth-order valence-corrected chi connectivity index (χ4v) is 3.57. The second-order valence-corrected chi connectivity index (χ2v) is 6.51. The molecule has 2 rings (SSSR count). The van der Waals surface area contributed by atoms with Crippen molar-refractivity contribution in [3.8, 4) is 0 Å². The van der Waals surface area contributed by atoms with E-state index >= 15 is 0 Å². The smallest absolute Gasteiger partial charge is 0.225 e. The molecule has 2 aromatic rings. The average Bonchev–Trinajstić information content (AvgIpc) is 2.84. The second-order valence-electron chi connectivity index (χ2n) is 4.76. The Morgan fingerprint density at radius 3 is 2.81 bits per heavy atom. The minimum Gasteiger partial charge on any atom is -0.379 e. The monoisotopic (exact) mass is 367 g/mol. The third-order valence-corrected chi connectivity index (χ3v) is 4.35. The molecule has 0 atom stereocenters. The van der Waals surface area contributed by atoms with E-state index in [0.29, 0.717) is 13.1 Å². The molecule has 112 valence electrons. The number of nitrogens with one attached hydrogen (secondary N) is 1. The quantitative estimate of drug-likeness (QED) is 0.860. The van der Waals surface area contributed by atoms with Crippen LogP contribution in [0.1, 0.15) is 25.1 Å². The fourth-order valence-electron chi connectivity index (χ4n) is 2.03. The number of anilines is 2. The minimum atomic E-state index is 0.0222. The molecule has 0 bridgehead atoms. The zero-order chi connectivity index (χ0) is 15.4. The summed E-state index contributed by atoms with van der Waals surface area (Å²) in [6, 6.07) is 6.19. The van der Waals surface area contributed by atoms with Crippen molar-refractivity contribution < 1.29 is 4.79 Å². The van der Waals surface area contributed by atoms with Gasteiger partial charge in [-0.2, -0.15) is 0 Å². The van der Waals surface area contributed by atoms with Crippen molar-refractivity contribution in [2.75, 3.05) is 16.8 Å². The Hall–Kier alpha value is -1.40. The number of carbonyl (C=O) groups excluding carboxylic acids is 1. The summed E-state index contributed by atoms with van der Waals surface area (Å²) in [6.45, 7) is 6.85. The van der Waals surface area contributed by atoms with E-state index < -0.39 is 0 Å². The van der Waals surface area contributed by atoms with Crippen LogP contribution in [0.25, 0.3) is 0 Å². The molecule has 0 spiro atoms. The van der Waals surface area contributed by atoms with Gasteiger partial charge in [0.1, 0.15) is 0 Å². The molecule has 0 unspecified atom stereocenters. The van der Waals surface area contributed by atoms with Gasteiger partial charge < -0.3 is 5.32 Å². The molecule has 1 aromatic heterocycles. The third-order valence-electron chi connectivity index (χ3n) is 2.98. The first kappa shape index (κ1) is 16.0. The van der Waals surface area contributed by atoms with Crippen molar-refractivity contribution in [3.63, 3.8) is 0 Å². The van der Waals surface area contributed by atoms with E-state index in [0.717, 1.165) is 21.0 Å². The van der Waals surface area contributed by atoms with Gasteiger partial charge in [-0.05, 0) is 37.6 Å². The van der Waals surface area contributed by atoms with E-state index in [9.17, 15) is 4.79 Å². The SMILES string of the molecule is CCN(C(C)=O)c1nc(CNc2cc(C)cc(Br)c2)cs1. The highest BCUT2D eigenvalue weighted by molar-refractivity contribution is 9.10. The highest BCUT2D eigenvalue weighted by atomic mass is 79.9. The van der Waals surface area contributed by atoms with E-state index in [1.807, 2.05) is 18.4 Å². The first-order valence-corrected chi connectivity index (χ1v) is 8.40. The number of aromatic nitrogens is 1. The molecule has 0 saturated carbocycles. The molecular weight excluding hydrogens is 350 g/mol. The first-order valence-electron chi connectivity index (χ1n) is 6.73. The van der Waals surface area contributed by atoms with Gasteiger partial charge in [-0.15, -0.1) is 11.3 Å². The highest BCUT2D eigenvalue weighted by Crippen LogP contribution is 2.23. The van der Waals surface area contributed by atoms with Gasteiger partial charge in [-0.1, -0.05) is 15.9 Å². The van der Waals surface area contributed by atoms with Crippen molar-refractivity contribution in [1.29, 1.82) is 0 Å². The largest absolute Gasteiger partial charge is 0.379 e. The summed E-state index contributed by atoms with van der Waals surface area (Å²) >= 11 is 4.99. The number of hydrogen-bond acceptors (Lipinski definition) is 4. The summed E-state index contributed by atoms with van der Waals surface area (Å²) in [4.78, 5) is 17.7. The molecule has 1 N–H and O–H groups in total. The molecular formula is C15H18BrN3OS. The molecule has 1 aromatic carbocycles. The topological polar surface area (TPSA) is 45.2 Å². The Kier molecular flexibility index (Phi) is 5.36. The van der Waals surface area contributed by atoms with E-state index in [-0.39, 0.29) is 5.91 Å². The maximum absolute atomic E-state index is 11.5. The van der Waals surface area contributed by atoms with Gasteiger partial charge in [-0.25, -0.2) is 4.98 Å². The predicted octanol–water partition coefficient (Wildman–Crippen LogP) is 4.20. The van der Waals surface area contributed by atoms with E-state index in [4.69, 9.17) is 0 Å². The van der Waals surface area contributed by atoms with Gasteiger partial charge in [0.2, 0.25) is 5.91 Å². The lowest BCUT2D eigenvalue weighted by Gasteiger charge is -2.14. The molecule has 0 aliphatic rings. The Morgan fingerprint density at radius 2 is 2.19 bits per heavy atom. The Labute approximate surface area is 137 Å². The molecule has 0 aliphatic carbocycles. The lowest BCUT2D eigenvalue weighted by Crippen LogP contribution is -2.27. The number of benzene rings is 1. The summed E-state index contributed by atoms with van der Waals surface area (Å²) < 4.78 is 1.05. The van der Waals surface area contributed by atoms with E-state index in [2.05, 4.69) is 45.3 Å². The van der Waals surface area contributed by atoms with Gasteiger partial charge in [0.25, 0.3) is 0 Å². The zero-order valence-electron chi connectivity index (χ0n) is 12.3. The lowest BCUT2D eigenvalue weighted by molar-refractivity contribution is -0.116.